The van der Waals surface area contributed by atoms with Crippen molar-refractivity contribution >= 4 is 40.8 Å². The smallest absolute Gasteiger partial charge is 0.328 e. The minimum absolute atomic E-state index is 0.150. The summed E-state index contributed by atoms with van der Waals surface area (Å²) >= 11 is 12.5. The van der Waals surface area contributed by atoms with E-state index in [1.165, 1.54) is 12.7 Å². The lowest BCUT2D eigenvalue weighted by Crippen LogP contribution is -2.42. The number of carbonyl (C=O) groups is 2. The van der Waals surface area contributed by atoms with Gasteiger partial charge in [0, 0.05) is 27.7 Å². The van der Waals surface area contributed by atoms with Crippen LogP contribution in [0.25, 0.3) is 0 Å². The first-order chi connectivity index (χ1) is 14.9. The number of methoxy groups -OCH3 is 1. The number of amides is 1. The Morgan fingerprint density at radius 2 is 1.87 bits per heavy atom. The van der Waals surface area contributed by atoms with Crippen LogP contribution in [-0.4, -0.2) is 31.6 Å². The van der Waals surface area contributed by atoms with Crippen molar-refractivity contribution in [3.05, 3.63) is 63.1 Å². The predicted molar refractivity (Wildman–Crippen MR) is 124 cm³/mol. The number of anilines is 1. The number of hydrogen-bond acceptors (Lipinski definition) is 5. The molecular formula is C23H27Cl2N3O3. The summed E-state index contributed by atoms with van der Waals surface area (Å²) in [5.74, 6) is -0.561. The van der Waals surface area contributed by atoms with Gasteiger partial charge in [0.1, 0.15) is 6.04 Å². The second-order valence-corrected chi connectivity index (χ2v) is 8.51. The van der Waals surface area contributed by atoms with Crippen LogP contribution in [0.4, 0.5) is 5.69 Å². The molecule has 0 spiro atoms. The summed E-state index contributed by atoms with van der Waals surface area (Å²) in [7, 11) is 1.33. The Kier molecular flexibility index (Phi) is 8.18. The second-order valence-electron chi connectivity index (χ2n) is 7.66. The van der Waals surface area contributed by atoms with Crippen LogP contribution < -0.4 is 16.4 Å². The normalized spacial score (nSPS) is 17.4. The number of aryl methyl sites for hydroxylation is 1. The number of ether oxygens (including phenoxy) is 1. The van der Waals surface area contributed by atoms with Crippen molar-refractivity contribution in [3.63, 3.8) is 0 Å². The van der Waals surface area contributed by atoms with Gasteiger partial charge in [-0.15, -0.1) is 0 Å². The Hall–Kier alpha value is -2.28. The lowest BCUT2D eigenvalue weighted by molar-refractivity contribution is -0.142. The van der Waals surface area contributed by atoms with Gasteiger partial charge in [-0.05, 0) is 49.1 Å². The van der Waals surface area contributed by atoms with Crippen molar-refractivity contribution in [2.24, 2.45) is 5.73 Å². The van der Waals surface area contributed by atoms with Crippen LogP contribution in [0.3, 0.4) is 0 Å². The molecule has 2 aromatic carbocycles. The van der Waals surface area contributed by atoms with Crippen LogP contribution in [0.1, 0.15) is 42.0 Å². The van der Waals surface area contributed by atoms with Crippen molar-refractivity contribution in [3.8, 4) is 0 Å². The maximum atomic E-state index is 12.8. The molecule has 2 atom stereocenters. The molecule has 166 valence electrons. The van der Waals surface area contributed by atoms with E-state index in [0.717, 1.165) is 30.4 Å². The highest BCUT2D eigenvalue weighted by atomic mass is 35.5. The maximum absolute atomic E-state index is 12.8. The van der Waals surface area contributed by atoms with E-state index in [-0.39, 0.29) is 12.3 Å². The summed E-state index contributed by atoms with van der Waals surface area (Å²) in [6, 6.07) is 10.3. The first kappa shape index (κ1) is 23.4. The first-order valence-electron chi connectivity index (χ1n) is 10.3. The van der Waals surface area contributed by atoms with Gasteiger partial charge in [-0.25, -0.2) is 4.79 Å². The SMILES string of the molecule is COC(=O)[C@H]1C[C@H](NC(=O)Cc2ccc(CCCCN)cc2)c2c(Cl)cc(Cl)cc2N1. The molecule has 0 radical (unpaired) electrons. The van der Waals surface area contributed by atoms with Crippen LogP contribution in [-0.2, 0) is 27.2 Å². The summed E-state index contributed by atoms with van der Waals surface area (Å²) < 4.78 is 4.87. The fourth-order valence-electron chi connectivity index (χ4n) is 3.82. The third-order valence-electron chi connectivity index (χ3n) is 5.37. The standard InChI is InChI=1S/C23H27Cl2N3O3/c1-31-23(30)20-13-19(22-17(25)11-16(24)12-18(22)27-20)28-21(29)10-15-7-5-14(6-8-15)4-2-3-9-26/h5-8,11-12,19-20,27H,2-4,9-10,13,26H2,1H3,(H,28,29)/t19-,20+/m0/s1. The van der Waals surface area contributed by atoms with Crippen molar-refractivity contribution in [2.45, 2.75) is 44.2 Å². The zero-order chi connectivity index (χ0) is 22.4. The van der Waals surface area contributed by atoms with Crippen molar-refractivity contribution in [1.82, 2.24) is 5.32 Å². The van der Waals surface area contributed by atoms with Crippen LogP contribution in [0.2, 0.25) is 10.0 Å². The van der Waals surface area contributed by atoms with Gasteiger partial charge in [0.15, 0.2) is 0 Å². The lowest BCUT2D eigenvalue weighted by atomic mass is 9.92. The number of nitrogens with one attached hydrogen (secondary N) is 2. The van der Waals surface area contributed by atoms with E-state index in [9.17, 15) is 9.59 Å². The molecule has 1 heterocycles. The van der Waals surface area contributed by atoms with Gasteiger partial charge in [-0.2, -0.15) is 0 Å². The van der Waals surface area contributed by atoms with Crippen LogP contribution in [0.15, 0.2) is 36.4 Å². The van der Waals surface area contributed by atoms with Crippen LogP contribution >= 0.6 is 23.2 Å². The van der Waals surface area contributed by atoms with Crippen molar-refractivity contribution in [1.29, 1.82) is 0 Å². The molecular weight excluding hydrogens is 437 g/mol. The zero-order valence-corrected chi connectivity index (χ0v) is 18.9. The number of carbonyl (C=O) groups excluding carboxylic acids is 2. The number of fused-ring (bicyclic) bond motifs is 1. The molecule has 0 bridgehead atoms. The lowest BCUT2D eigenvalue weighted by Gasteiger charge is -2.33. The first-order valence-corrected chi connectivity index (χ1v) is 11.1. The molecule has 3 rings (SSSR count). The van der Waals surface area contributed by atoms with Gasteiger partial charge in [0.2, 0.25) is 5.91 Å². The minimum atomic E-state index is -0.606. The zero-order valence-electron chi connectivity index (χ0n) is 17.4. The van der Waals surface area contributed by atoms with Gasteiger partial charge in [0.25, 0.3) is 0 Å². The fourth-order valence-corrected chi connectivity index (χ4v) is 4.44. The summed E-state index contributed by atoms with van der Waals surface area (Å²) in [6.07, 6.45) is 3.59. The van der Waals surface area contributed by atoms with Crippen molar-refractivity contribution < 1.29 is 14.3 Å². The number of nitrogens with two attached hydrogens (primary N) is 1. The third-order valence-corrected chi connectivity index (χ3v) is 5.90. The van der Waals surface area contributed by atoms with E-state index in [1.54, 1.807) is 12.1 Å². The molecule has 31 heavy (non-hydrogen) atoms. The molecule has 2 aromatic rings. The maximum Gasteiger partial charge on any atom is 0.328 e. The molecule has 0 aliphatic carbocycles. The molecule has 0 saturated carbocycles. The number of esters is 1. The van der Waals surface area contributed by atoms with Gasteiger partial charge in [0.05, 0.1) is 19.6 Å². The summed E-state index contributed by atoms with van der Waals surface area (Å²) in [5, 5.41) is 7.01. The third kappa shape index (κ3) is 6.12. The summed E-state index contributed by atoms with van der Waals surface area (Å²) in [4.78, 5) is 24.9. The van der Waals surface area contributed by atoms with Crippen molar-refractivity contribution in [2.75, 3.05) is 19.0 Å². The Morgan fingerprint density at radius 3 is 2.55 bits per heavy atom. The largest absolute Gasteiger partial charge is 0.467 e. The molecule has 1 amide bonds. The highest BCUT2D eigenvalue weighted by molar-refractivity contribution is 6.35. The second kappa shape index (κ2) is 10.8. The molecule has 1 aliphatic rings. The Bertz CT molecular complexity index is 934. The number of hydrogen-bond donors (Lipinski definition) is 3. The minimum Gasteiger partial charge on any atom is -0.467 e. The number of halogens is 2. The molecule has 1 aliphatic heterocycles. The fraction of sp³-hybridized carbons (Fsp3) is 0.391. The highest BCUT2D eigenvalue weighted by Gasteiger charge is 2.34. The molecule has 0 saturated heterocycles. The summed E-state index contributed by atoms with van der Waals surface area (Å²) in [5.41, 5.74) is 9.02. The quantitative estimate of drug-likeness (QED) is 0.405. The van der Waals surface area contributed by atoms with E-state index >= 15 is 0 Å². The van der Waals surface area contributed by atoms with E-state index < -0.39 is 18.1 Å². The predicted octanol–water partition coefficient (Wildman–Crippen LogP) is 4.03. The summed E-state index contributed by atoms with van der Waals surface area (Å²) in [6.45, 7) is 0.700. The van der Waals surface area contributed by atoms with E-state index in [1.807, 2.05) is 24.3 Å². The average Bonchev–Trinajstić information content (AvgIpc) is 2.73. The molecule has 6 nitrogen and oxygen atoms in total. The van der Waals surface area contributed by atoms with E-state index in [4.69, 9.17) is 33.7 Å². The number of rotatable bonds is 8. The molecule has 0 aromatic heterocycles. The number of benzene rings is 2. The molecule has 0 fully saturated rings. The van der Waals surface area contributed by atoms with Gasteiger partial charge < -0.3 is 21.1 Å². The Morgan fingerprint density at radius 1 is 1.16 bits per heavy atom. The van der Waals surface area contributed by atoms with Gasteiger partial charge >= 0.3 is 5.97 Å². The van der Waals surface area contributed by atoms with Crippen LogP contribution in [0.5, 0.6) is 0 Å². The average molecular weight is 464 g/mol. The highest BCUT2D eigenvalue weighted by Crippen LogP contribution is 2.40. The van der Waals surface area contributed by atoms with Crippen LogP contribution in [0, 0.1) is 0 Å². The Balaban J connectivity index is 1.70. The molecule has 8 heteroatoms. The van der Waals surface area contributed by atoms with E-state index in [2.05, 4.69) is 10.6 Å². The monoisotopic (exact) mass is 463 g/mol. The molecule has 0 unspecified atom stereocenters. The topological polar surface area (TPSA) is 93.5 Å². The Labute approximate surface area is 192 Å². The van der Waals surface area contributed by atoms with E-state index in [0.29, 0.717) is 28.7 Å². The molecule has 4 N–H and O–H groups in total. The number of unbranched alkanes of at least 4 members (excludes halogenated alkanes) is 1. The van der Waals surface area contributed by atoms with Gasteiger partial charge in [-0.3, -0.25) is 4.79 Å². The van der Waals surface area contributed by atoms with Gasteiger partial charge in [-0.1, -0.05) is 47.5 Å².